The van der Waals surface area contributed by atoms with Crippen molar-refractivity contribution < 1.29 is 13.2 Å². The van der Waals surface area contributed by atoms with Crippen LogP contribution in [0.5, 0.6) is 0 Å². The third kappa shape index (κ3) is 1.33. The summed E-state index contributed by atoms with van der Waals surface area (Å²) in [5.74, 6) is -0.905. The molecule has 0 radical (unpaired) electrons. The Morgan fingerprint density at radius 2 is 2.00 bits per heavy atom. The number of thiophene rings is 1. The molecular weight excluding hydrogens is 211 g/mol. The highest BCUT2D eigenvalue weighted by Crippen LogP contribution is 2.33. The second-order valence-corrected chi connectivity index (χ2v) is 3.77. The Balaban J connectivity index is 2.72. The molecule has 0 unspecified atom stereocenters. The van der Waals surface area contributed by atoms with Gasteiger partial charge >= 0.3 is 0 Å². The number of nitrogen functional groups attached to an aromatic ring is 1. The lowest BCUT2D eigenvalue weighted by Crippen LogP contribution is -1.90. The van der Waals surface area contributed by atoms with Gasteiger partial charge in [0.1, 0.15) is 5.82 Å². The van der Waals surface area contributed by atoms with E-state index in [9.17, 15) is 13.2 Å². The molecule has 1 heterocycles. The minimum atomic E-state index is -2.79. The van der Waals surface area contributed by atoms with Crippen LogP contribution >= 0.6 is 11.3 Å². The van der Waals surface area contributed by atoms with Crippen molar-refractivity contribution in [3.63, 3.8) is 0 Å². The van der Waals surface area contributed by atoms with Gasteiger partial charge in [-0.15, -0.1) is 11.3 Å². The van der Waals surface area contributed by atoms with Crippen molar-refractivity contribution in [3.8, 4) is 0 Å². The molecule has 0 fully saturated rings. The largest absolute Gasteiger partial charge is 0.398 e. The number of benzene rings is 1. The zero-order valence-corrected chi connectivity index (χ0v) is 7.75. The van der Waals surface area contributed by atoms with Crippen molar-refractivity contribution in [1.82, 2.24) is 0 Å². The lowest BCUT2D eigenvalue weighted by Gasteiger charge is -2.01. The number of hydrogen-bond donors (Lipinski definition) is 1. The third-order valence-electron chi connectivity index (χ3n) is 1.96. The zero-order valence-electron chi connectivity index (χ0n) is 6.93. The first kappa shape index (κ1) is 9.33. The molecule has 0 saturated heterocycles. The van der Waals surface area contributed by atoms with Crippen LogP contribution < -0.4 is 5.73 Å². The predicted octanol–water partition coefficient (Wildman–Crippen LogP) is 3.56. The van der Waals surface area contributed by atoms with E-state index in [4.69, 9.17) is 5.73 Å². The Kier molecular flexibility index (Phi) is 2.11. The molecule has 1 aromatic carbocycles. The first-order chi connectivity index (χ1) is 6.59. The summed E-state index contributed by atoms with van der Waals surface area (Å²) in [6.45, 7) is 0. The van der Waals surface area contributed by atoms with Crippen LogP contribution in [0.15, 0.2) is 17.5 Å². The van der Waals surface area contributed by atoms with E-state index >= 15 is 0 Å². The van der Waals surface area contributed by atoms with Gasteiger partial charge in [0.15, 0.2) is 0 Å². The smallest absolute Gasteiger partial charge is 0.266 e. The third-order valence-corrected chi connectivity index (χ3v) is 2.92. The van der Waals surface area contributed by atoms with E-state index in [1.807, 2.05) is 0 Å². The fourth-order valence-corrected chi connectivity index (χ4v) is 2.13. The maximum absolute atomic E-state index is 13.1. The minimum Gasteiger partial charge on any atom is -0.398 e. The highest BCUT2D eigenvalue weighted by atomic mass is 32.1. The van der Waals surface area contributed by atoms with Gasteiger partial charge in [-0.1, -0.05) is 0 Å². The molecule has 0 aliphatic heterocycles. The Morgan fingerprint density at radius 1 is 1.29 bits per heavy atom. The lowest BCUT2D eigenvalue weighted by atomic mass is 10.1. The molecule has 1 nitrogen and oxygen atoms in total. The fourth-order valence-electron chi connectivity index (χ4n) is 1.25. The van der Waals surface area contributed by atoms with Crippen LogP contribution in [0.3, 0.4) is 0 Å². The van der Waals surface area contributed by atoms with Crippen LogP contribution in [0.2, 0.25) is 0 Å². The molecule has 1 aromatic heterocycles. The summed E-state index contributed by atoms with van der Waals surface area (Å²) in [7, 11) is 0. The molecule has 0 saturated carbocycles. The first-order valence-electron chi connectivity index (χ1n) is 3.84. The monoisotopic (exact) mass is 217 g/mol. The quantitative estimate of drug-likeness (QED) is 0.776. The van der Waals surface area contributed by atoms with Gasteiger partial charge in [0, 0.05) is 15.5 Å². The molecule has 14 heavy (non-hydrogen) atoms. The number of hydrogen-bond acceptors (Lipinski definition) is 2. The van der Waals surface area contributed by atoms with Crippen molar-refractivity contribution in [2.24, 2.45) is 0 Å². The van der Waals surface area contributed by atoms with Gasteiger partial charge in [0.05, 0.1) is 11.3 Å². The second kappa shape index (κ2) is 3.16. The van der Waals surface area contributed by atoms with Crippen LogP contribution in [0.1, 0.15) is 12.0 Å². The van der Waals surface area contributed by atoms with Crippen LogP contribution in [0.4, 0.5) is 18.9 Å². The summed E-state index contributed by atoms with van der Waals surface area (Å²) in [5.41, 5.74) is 5.38. The lowest BCUT2D eigenvalue weighted by molar-refractivity contribution is 0.146. The van der Waals surface area contributed by atoms with Crippen LogP contribution in [0.25, 0.3) is 10.1 Å². The van der Waals surface area contributed by atoms with Crippen molar-refractivity contribution in [1.29, 1.82) is 0 Å². The zero-order chi connectivity index (χ0) is 10.3. The van der Waals surface area contributed by atoms with Gasteiger partial charge in [0.2, 0.25) is 0 Å². The summed E-state index contributed by atoms with van der Waals surface area (Å²) in [6, 6.07) is 2.21. The van der Waals surface area contributed by atoms with Crippen molar-refractivity contribution in [2.75, 3.05) is 5.73 Å². The molecule has 0 bridgehead atoms. The van der Waals surface area contributed by atoms with Gasteiger partial charge in [-0.2, -0.15) is 0 Å². The molecule has 0 amide bonds. The highest BCUT2D eigenvalue weighted by Gasteiger charge is 2.15. The molecular formula is C9H6F3NS. The maximum atomic E-state index is 13.1. The van der Waals surface area contributed by atoms with E-state index in [0.717, 1.165) is 12.1 Å². The Morgan fingerprint density at radius 3 is 2.64 bits per heavy atom. The van der Waals surface area contributed by atoms with E-state index in [1.54, 1.807) is 5.38 Å². The number of halogens is 3. The molecule has 0 atom stereocenters. The van der Waals surface area contributed by atoms with E-state index in [1.165, 1.54) is 11.3 Å². The number of anilines is 1. The standard InChI is InChI=1S/C9H6F3NS/c10-6-1-5-7(13)3-14-8(5)2-4(6)9(11)12/h1-3,9H,13H2. The average Bonchev–Trinajstić information content (AvgIpc) is 2.46. The molecule has 5 heteroatoms. The molecule has 0 aliphatic carbocycles. The summed E-state index contributed by atoms with van der Waals surface area (Å²) < 4.78 is 38.3. The van der Waals surface area contributed by atoms with E-state index < -0.39 is 17.8 Å². The van der Waals surface area contributed by atoms with E-state index in [0.29, 0.717) is 15.8 Å². The Hall–Kier alpha value is -1.23. The predicted molar refractivity (Wildman–Crippen MR) is 51.2 cm³/mol. The van der Waals surface area contributed by atoms with Crippen molar-refractivity contribution in [3.05, 3.63) is 28.9 Å². The van der Waals surface area contributed by atoms with Crippen LogP contribution in [-0.2, 0) is 0 Å². The summed E-state index contributed by atoms with van der Waals surface area (Å²) in [4.78, 5) is 0. The average molecular weight is 217 g/mol. The Labute approximate surface area is 82.0 Å². The summed E-state index contributed by atoms with van der Waals surface area (Å²) in [6.07, 6.45) is -2.79. The van der Waals surface area contributed by atoms with Gasteiger partial charge in [-0.05, 0) is 12.1 Å². The SMILES string of the molecule is Nc1csc2cc(C(F)F)c(F)cc12. The van der Waals surface area contributed by atoms with Crippen LogP contribution in [-0.4, -0.2) is 0 Å². The van der Waals surface area contributed by atoms with Gasteiger partial charge in [-0.3, -0.25) is 0 Å². The van der Waals surface area contributed by atoms with Crippen molar-refractivity contribution >= 4 is 27.1 Å². The number of fused-ring (bicyclic) bond motifs is 1. The van der Waals surface area contributed by atoms with E-state index in [2.05, 4.69) is 0 Å². The highest BCUT2D eigenvalue weighted by molar-refractivity contribution is 7.17. The summed E-state index contributed by atoms with van der Waals surface area (Å²) >= 11 is 1.23. The normalized spacial score (nSPS) is 11.4. The van der Waals surface area contributed by atoms with Gasteiger partial charge < -0.3 is 5.73 Å². The number of alkyl halides is 2. The van der Waals surface area contributed by atoms with E-state index in [-0.39, 0.29) is 0 Å². The van der Waals surface area contributed by atoms with Gasteiger partial charge in [0.25, 0.3) is 6.43 Å². The topological polar surface area (TPSA) is 26.0 Å². The second-order valence-electron chi connectivity index (χ2n) is 2.86. The molecule has 2 N–H and O–H groups in total. The summed E-state index contributed by atoms with van der Waals surface area (Å²) in [5, 5.41) is 2.11. The molecule has 0 spiro atoms. The minimum absolute atomic E-state index is 0.421. The molecule has 74 valence electrons. The molecule has 2 aromatic rings. The first-order valence-corrected chi connectivity index (χ1v) is 4.72. The number of rotatable bonds is 1. The van der Waals surface area contributed by atoms with Gasteiger partial charge in [-0.25, -0.2) is 13.2 Å². The molecule has 2 rings (SSSR count). The van der Waals surface area contributed by atoms with Crippen molar-refractivity contribution in [2.45, 2.75) is 6.43 Å². The maximum Gasteiger partial charge on any atom is 0.266 e. The molecule has 0 aliphatic rings. The Bertz CT molecular complexity index is 478. The fraction of sp³-hybridized carbons (Fsp3) is 0.111. The van der Waals surface area contributed by atoms with Crippen LogP contribution in [0, 0.1) is 5.82 Å². The number of nitrogens with two attached hydrogens (primary N) is 1.